The van der Waals surface area contributed by atoms with Gasteiger partial charge in [-0.1, -0.05) is 13.8 Å². The molecule has 1 heterocycles. The maximum absolute atomic E-state index is 13.3. The normalized spacial score (nSPS) is 20.8. The summed E-state index contributed by atoms with van der Waals surface area (Å²) in [4.78, 5) is 2.34. The Balaban J connectivity index is 2.24. The molecule has 2 nitrogen and oxygen atoms in total. The molecule has 0 spiro atoms. The third kappa shape index (κ3) is 2.83. The SMILES string of the molecule is C[C@@H](N)c1cc(F)ccc1N1CCC(C)(C)CC1. The van der Waals surface area contributed by atoms with Gasteiger partial charge in [-0.2, -0.15) is 0 Å². The Kier molecular flexibility index (Phi) is 3.62. The van der Waals surface area contributed by atoms with Gasteiger partial charge in [-0.15, -0.1) is 0 Å². The fourth-order valence-electron chi connectivity index (χ4n) is 2.53. The Bertz CT molecular complexity index is 417. The van der Waals surface area contributed by atoms with E-state index >= 15 is 0 Å². The van der Waals surface area contributed by atoms with E-state index in [2.05, 4.69) is 18.7 Å². The summed E-state index contributed by atoms with van der Waals surface area (Å²) in [5.41, 5.74) is 8.38. The van der Waals surface area contributed by atoms with Crippen LogP contribution in [-0.4, -0.2) is 13.1 Å². The topological polar surface area (TPSA) is 29.3 Å². The third-order valence-corrected chi connectivity index (χ3v) is 3.94. The van der Waals surface area contributed by atoms with Gasteiger partial charge in [0, 0.05) is 24.8 Å². The van der Waals surface area contributed by atoms with Gasteiger partial charge in [0.1, 0.15) is 5.82 Å². The van der Waals surface area contributed by atoms with Gasteiger partial charge in [0.05, 0.1) is 0 Å². The molecule has 0 saturated carbocycles. The van der Waals surface area contributed by atoms with Crippen molar-refractivity contribution in [3.05, 3.63) is 29.6 Å². The lowest BCUT2D eigenvalue weighted by Gasteiger charge is -2.39. The lowest BCUT2D eigenvalue weighted by atomic mass is 9.82. The van der Waals surface area contributed by atoms with Gasteiger partial charge in [0.25, 0.3) is 0 Å². The average Bonchev–Trinajstić information content (AvgIpc) is 2.29. The number of anilines is 1. The molecule has 0 unspecified atom stereocenters. The number of nitrogens with zero attached hydrogens (tertiary/aromatic N) is 1. The zero-order chi connectivity index (χ0) is 13.3. The standard InChI is InChI=1S/C15H23FN2/c1-11(17)13-10-12(16)4-5-14(13)18-8-6-15(2,3)7-9-18/h4-5,10-11H,6-9,17H2,1-3H3/t11-/m1/s1. The summed E-state index contributed by atoms with van der Waals surface area (Å²) in [5, 5.41) is 0. The van der Waals surface area contributed by atoms with Crippen molar-refractivity contribution in [1.82, 2.24) is 0 Å². The first-order chi connectivity index (χ1) is 8.39. The fraction of sp³-hybridized carbons (Fsp3) is 0.600. The van der Waals surface area contributed by atoms with Crippen LogP contribution in [0.4, 0.5) is 10.1 Å². The minimum atomic E-state index is -0.205. The summed E-state index contributed by atoms with van der Waals surface area (Å²) in [7, 11) is 0. The van der Waals surface area contributed by atoms with Crippen LogP contribution in [-0.2, 0) is 0 Å². The molecule has 1 aliphatic heterocycles. The second kappa shape index (κ2) is 4.88. The van der Waals surface area contributed by atoms with Crippen LogP contribution in [0.15, 0.2) is 18.2 Å². The molecule has 100 valence electrons. The number of nitrogens with two attached hydrogens (primary N) is 1. The van der Waals surface area contributed by atoms with E-state index in [0.717, 1.165) is 24.3 Å². The summed E-state index contributed by atoms with van der Waals surface area (Å²) in [5.74, 6) is -0.205. The van der Waals surface area contributed by atoms with Crippen molar-refractivity contribution in [3.63, 3.8) is 0 Å². The lowest BCUT2D eigenvalue weighted by Crippen LogP contribution is -2.38. The van der Waals surface area contributed by atoms with E-state index in [9.17, 15) is 4.39 Å². The van der Waals surface area contributed by atoms with Crippen LogP contribution >= 0.6 is 0 Å². The van der Waals surface area contributed by atoms with Crippen LogP contribution in [0.2, 0.25) is 0 Å². The van der Waals surface area contributed by atoms with Crippen molar-refractivity contribution < 1.29 is 4.39 Å². The molecule has 1 aromatic carbocycles. The van der Waals surface area contributed by atoms with Crippen molar-refractivity contribution >= 4 is 5.69 Å². The number of piperidine rings is 1. The van der Waals surface area contributed by atoms with Gasteiger partial charge < -0.3 is 10.6 Å². The number of rotatable bonds is 2. The zero-order valence-corrected chi connectivity index (χ0v) is 11.5. The zero-order valence-electron chi connectivity index (χ0n) is 11.5. The van der Waals surface area contributed by atoms with Gasteiger partial charge >= 0.3 is 0 Å². The molecular formula is C15H23FN2. The number of hydrogen-bond acceptors (Lipinski definition) is 2. The Labute approximate surface area is 109 Å². The van der Waals surface area contributed by atoms with Crippen molar-refractivity contribution in [2.45, 2.75) is 39.7 Å². The van der Waals surface area contributed by atoms with E-state index in [4.69, 9.17) is 5.73 Å². The minimum Gasteiger partial charge on any atom is -0.371 e. The molecule has 0 aromatic heterocycles. The van der Waals surface area contributed by atoms with Crippen LogP contribution in [0.25, 0.3) is 0 Å². The molecule has 3 heteroatoms. The first-order valence-corrected chi connectivity index (χ1v) is 6.69. The first-order valence-electron chi connectivity index (χ1n) is 6.69. The summed E-state index contributed by atoms with van der Waals surface area (Å²) in [6.07, 6.45) is 2.34. The third-order valence-electron chi connectivity index (χ3n) is 3.94. The van der Waals surface area contributed by atoms with E-state index in [1.54, 1.807) is 6.07 Å². The predicted molar refractivity (Wildman–Crippen MR) is 74.2 cm³/mol. The van der Waals surface area contributed by atoms with Crippen LogP contribution in [0, 0.1) is 11.2 Å². The predicted octanol–water partition coefficient (Wildman–Crippen LogP) is 3.47. The molecule has 2 N–H and O–H groups in total. The molecule has 0 bridgehead atoms. The minimum absolute atomic E-state index is 0.134. The maximum atomic E-state index is 13.3. The molecular weight excluding hydrogens is 227 g/mol. The van der Waals surface area contributed by atoms with Crippen LogP contribution in [0.5, 0.6) is 0 Å². The fourth-order valence-corrected chi connectivity index (χ4v) is 2.53. The van der Waals surface area contributed by atoms with Crippen molar-refractivity contribution in [1.29, 1.82) is 0 Å². The van der Waals surface area contributed by atoms with E-state index < -0.39 is 0 Å². The molecule has 0 radical (unpaired) electrons. The Morgan fingerprint density at radius 3 is 2.44 bits per heavy atom. The summed E-state index contributed by atoms with van der Waals surface area (Å²) in [6, 6.07) is 4.83. The van der Waals surface area contributed by atoms with Crippen molar-refractivity contribution in [2.75, 3.05) is 18.0 Å². The van der Waals surface area contributed by atoms with Crippen molar-refractivity contribution in [3.8, 4) is 0 Å². The summed E-state index contributed by atoms with van der Waals surface area (Å²) in [6.45, 7) is 8.58. The smallest absolute Gasteiger partial charge is 0.123 e. The number of hydrogen-bond donors (Lipinski definition) is 1. The van der Waals surface area contributed by atoms with E-state index in [1.165, 1.54) is 18.9 Å². The molecule has 0 aliphatic carbocycles. The highest BCUT2D eigenvalue weighted by molar-refractivity contribution is 5.55. The number of benzene rings is 1. The largest absolute Gasteiger partial charge is 0.371 e. The Hall–Kier alpha value is -1.09. The van der Waals surface area contributed by atoms with E-state index in [0.29, 0.717) is 5.41 Å². The highest BCUT2D eigenvalue weighted by Gasteiger charge is 2.26. The summed E-state index contributed by atoms with van der Waals surface area (Å²) < 4.78 is 13.3. The van der Waals surface area contributed by atoms with Crippen LogP contribution in [0.1, 0.15) is 45.2 Å². The first kappa shape index (κ1) is 13.3. The van der Waals surface area contributed by atoms with Gasteiger partial charge in [-0.25, -0.2) is 4.39 Å². The Morgan fingerprint density at radius 2 is 1.89 bits per heavy atom. The second-order valence-corrected chi connectivity index (χ2v) is 6.14. The molecule has 1 fully saturated rings. The molecule has 1 saturated heterocycles. The molecule has 1 atom stereocenters. The molecule has 0 amide bonds. The van der Waals surface area contributed by atoms with Gasteiger partial charge in [0.2, 0.25) is 0 Å². The molecule has 1 aliphatic rings. The number of halogens is 1. The monoisotopic (exact) mass is 250 g/mol. The maximum Gasteiger partial charge on any atom is 0.123 e. The van der Waals surface area contributed by atoms with Crippen molar-refractivity contribution in [2.24, 2.45) is 11.1 Å². The molecule has 18 heavy (non-hydrogen) atoms. The van der Waals surface area contributed by atoms with Gasteiger partial charge in [-0.05, 0) is 48.9 Å². The highest BCUT2D eigenvalue weighted by atomic mass is 19.1. The Morgan fingerprint density at radius 1 is 1.28 bits per heavy atom. The quantitative estimate of drug-likeness (QED) is 0.870. The lowest BCUT2D eigenvalue weighted by molar-refractivity contribution is 0.279. The second-order valence-electron chi connectivity index (χ2n) is 6.14. The van der Waals surface area contributed by atoms with Gasteiger partial charge in [-0.3, -0.25) is 0 Å². The van der Waals surface area contributed by atoms with Crippen LogP contribution < -0.4 is 10.6 Å². The molecule has 1 aromatic rings. The van der Waals surface area contributed by atoms with E-state index in [1.807, 2.05) is 13.0 Å². The average molecular weight is 250 g/mol. The summed E-state index contributed by atoms with van der Waals surface area (Å²) >= 11 is 0. The van der Waals surface area contributed by atoms with Crippen LogP contribution in [0.3, 0.4) is 0 Å². The van der Waals surface area contributed by atoms with E-state index in [-0.39, 0.29) is 11.9 Å². The highest BCUT2D eigenvalue weighted by Crippen LogP contribution is 2.34. The molecule has 2 rings (SSSR count). The van der Waals surface area contributed by atoms with Gasteiger partial charge in [0.15, 0.2) is 0 Å².